The van der Waals surface area contributed by atoms with Crippen LogP contribution >= 0.6 is 0 Å². The Hall–Kier alpha value is -1.70. The average Bonchev–Trinajstić information content (AvgIpc) is 2.63. The van der Waals surface area contributed by atoms with Gasteiger partial charge in [-0.1, -0.05) is 5.92 Å². The van der Waals surface area contributed by atoms with Crippen LogP contribution in [0.3, 0.4) is 0 Å². The van der Waals surface area contributed by atoms with Crippen molar-refractivity contribution in [1.29, 1.82) is 0 Å². The van der Waals surface area contributed by atoms with Crippen LogP contribution in [-0.4, -0.2) is 29.7 Å². The van der Waals surface area contributed by atoms with Gasteiger partial charge >= 0.3 is 12.0 Å². The van der Waals surface area contributed by atoms with Crippen LogP contribution in [0.5, 0.6) is 0 Å². The van der Waals surface area contributed by atoms with Crippen molar-refractivity contribution in [3.05, 3.63) is 0 Å². The highest BCUT2D eigenvalue weighted by molar-refractivity contribution is 5.75. The molecule has 0 unspecified atom stereocenters. The van der Waals surface area contributed by atoms with E-state index >= 15 is 0 Å². The minimum absolute atomic E-state index is 0.0520. The zero-order valence-electron chi connectivity index (χ0n) is 8.32. The lowest BCUT2D eigenvalue weighted by Gasteiger charge is -2.12. The second-order valence-electron chi connectivity index (χ2n) is 3.58. The van der Waals surface area contributed by atoms with Crippen molar-refractivity contribution in [2.24, 2.45) is 5.92 Å². The Bertz CT molecular complexity index is 296. The molecular formula is C10H14N2O3. The summed E-state index contributed by atoms with van der Waals surface area (Å²) in [6, 6.07) is -0.382. The highest BCUT2D eigenvalue weighted by Crippen LogP contribution is 2.25. The maximum atomic E-state index is 11.2. The highest BCUT2D eigenvalue weighted by atomic mass is 16.4. The van der Waals surface area contributed by atoms with Crippen molar-refractivity contribution in [2.75, 3.05) is 6.54 Å². The summed E-state index contributed by atoms with van der Waals surface area (Å²) in [5.74, 6) is 1.17. The number of carbonyl (C=O) groups excluding carboxylic acids is 1. The molecule has 1 rings (SSSR count). The van der Waals surface area contributed by atoms with Crippen LogP contribution in [0.1, 0.15) is 19.3 Å². The van der Waals surface area contributed by atoms with E-state index in [2.05, 4.69) is 16.6 Å². The maximum Gasteiger partial charge on any atom is 0.315 e. The van der Waals surface area contributed by atoms with E-state index in [9.17, 15) is 9.59 Å². The first-order valence-electron chi connectivity index (χ1n) is 4.84. The molecule has 0 radical (unpaired) electrons. The van der Waals surface area contributed by atoms with Gasteiger partial charge in [0.15, 0.2) is 0 Å². The fourth-order valence-corrected chi connectivity index (χ4v) is 1.70. The van der Waals surface area contributed by atoms with Gasteiger partial charge in [0.25, 0.3) is 0 Å². The van der Waals surface area contributed by atoms with E-state index in [4.69, 9.17) is 11.5 Å². The lowest BCUT2D eigenvalue weighted by Crippen LogP contribution is -2.41. The summed E-state index contributed by atoms with van der Waals surface area (Å²) in [4.78, 5) is 21.8. The van der Waals surface area contributed by atoms with Gasteiger partial charge in [0.05, 0.1) is 12.5 Å². The maximum absolute atomic E-state index is 11.2. The van der Waals surface area contributed by atoms with Crippen LogP contribution in [-0.2, 0) is 4.79 Å². The first-order valence-corrected chi connectivity index (χ1v) is 4.84. The lowest BCUT2D eigenvalue weighted by molar-refractivity contribution is -0.141. The molecule has 2 atom stereocenters. The van der Waals surface area contributed by atoms with Gasteiger partial charge in [0.1, 0.15) is 0 Å². The van der Waals surface area contributed by atoms with Gasteiger partial charge in [0.2, 0.25) is 0 Å². The number of urea groups is 1. The summed E-state index contributed by atoms with van der Waals surface area (Å²) < 4.78 is 0. The van der Waals surface area contributed by atoms with Gasteiger partial charge < -0.3 is 15.7 Å². The minimum atomic E-state index is -0.789. The fourth-order valence-electron chi connectivity index (χ4n) is 1.70. The molecule has 2 amide bonds. The highest BCUT2D eigenvalue weighted by Gasteiger charge is 2.30. The smallest absolute Gasteiger partial charge is 0.315 e. The minimum Gasteiger partial charge on any atom is -0.481 e. The molecule has 0 heterocycles. The Labute approximate surface area is 88.2 Å². The molecular weight excluding hydrogens is 196 g/mol. The van der Waals surface area contributed by atoms with Gasteiger partial charge in [-0.3, -0.25) is 4.79 Å². The van der Waals surface area contributed by atoms with Crippen LogP contribution in [0.25, 0.3) is 0 Å². The van der Waals surface area contributed by atoms with E-state index < -0.39 is 5.97 Å². The number of nitrogens with one attached hydrogen (secondary N) is 2. The normalized spacial score (nSPS) is 24.2. The third-order valence-corrected chi connectivity index (χ3v) is 2.47. The molecule has 0 aromatic heterocycles. The quantitative estimate of drug-likeness (QED) is 0.581. The number of terminal acetylenes is 1. The molecule has 0 bridgehead atoms. The Balaban J connectivity index is 2.27. The van der Waals surface area contributed by atoms with E-state index in [0.29, 0.717) is 19.3 Å². The molecule has 3 N–H and O–H groups in total. The van der Waals surface area contributed by atoms with Crippen molar-refractivity contribution in [3.63, 3.8) is 0 Å². The molecule has 1 aliphatic carbocycles. The van der Waals surface area contributed by atoms with Crippen LogP contribution in [0.4, 0.5) is 4.79 Å². The van der Waals surface area contributed by atoms with Crippen LogP contribution < -0.4 is 10.6 Å². The number of aliphatic carboxylic acids is 1. The molecule has 5 heteroatoms. The molecule has 0 aromatic rings. The predicted octanol–water partition coefficient (Wildman–Crippen LogP) is 0.172. The topological polar surface area (TPSA) is 78.4 Å². The van der Waals surface area contributed by atoms with Gasteiger partial charge in [-0.05, 0) is 19.3 Å². The van der Waals surface area contributed by atoms with E-state index in [1.54, 1.807) is 0 Å². The molecule has 0 aromatic carbocycles. The number of carboxylic acids is 1. The summed E-state index contributed by atoms with van der Waals surface area (Å²) in [5, 5.41) is 13.9. The van der Waals surface area contributed by atoms with Gasteiger partial charge in [-0.25, -0.2) is 4.79 Å². The molecule has 82 valence electrons. The van der Waals surface area contributed by atoms with Crippen LogP contribution in [0.15, 0.2) is 0 Å². The number of carbonyl (C=O) groups is 2. The summed E-state index contributed by atoms with van der Waals surface area (Å²) in [7, 11) is 0. The monoisotopic (exact) mass is 210 g/mol. The molecule has 1 aliphatic rings. The predicted molar refractivity (Wildman–Crippen MR) is 54.1 cm³/mol. The number of amides is 2. The van der Waals surface area contributed by atoms with Crippen molar-refractivity contribution in [3.8, 4) is 12.3 Å². The molecule has 0 spiro atoms. The van der Waals surface area contributed by atoms with E-state index in [1.807, 2.05) is 0 Å². The van der Waals surface area contributed by atoms with E-state index in [0.717, 1.165) is 0 Å². The van der Waals surface area contributed by atoms with Crippen LogP contribution in [0, 0.1) is 18.3 Å². The SMILES string of the molecule is C#CCNC(=O)N[C@H]1CC[C@@H](C(=O)O)C1. The van der Waals surface area contributed by atoms with Crippen molar-refractivity contribution in [2.45, 2.75) is 25.3 Å². The van der Waals surface area contributed by atoms with E-state index in [-0.39, 0.29) is 24.5 Å². The average molecular weight is 210 g/mol. The largest absolute Gasteiger partial charge is 0.481 e. The second kappa shape index (κ2) is 5.25. The van der Waals surface area contributed by atoms with Crippen LogP contribution in [0.2, 0.25) is 0 Å². The number of hydrogen-bond donors (Lipinski definition) is 3. The first kappa shape index (κ1) is 11.4. The molecule has 0 saturated heterocycles. The lowest BCUT2D eigenvalue weighted by atomic mass is 10.1. The fraction of sp³-hybridized carbons (Fsp3) is 0.600. The molecule has 1 fully saturated rings. The molecule has 5 nitrogen and oxygen atoms in total. The molecule has 0 aliphatic heterocycles. The van der Waals surface area contributed by atoms with Gasteiger partial charge in [0, 0.05) is 6.04 Å². The number of carboxylic acid groups (broad SMARTS) is 1. The Morgan fingerprint density at radius 2 is 2.20 bits per heavy atom. The standard InChI is InChI=1S/C10H14N2O3/c1-2-5-11-10(15)12-8-4-3-7(6-8)9(13)14/h1,7-8H,3-6H2,(H,13,14)(H2,11,12,15)/t7-,8+/m1/s1. The molecule has 1 saturated carbocycles. The summed E-state index contributed by atoms with van der Waals surface area (Å²) in [6.07, 6.45) is 6.80. The molecule has 15 heavy (non-hydrogen) atoms. The Kier molecular flexibility index (Phi) is 3.98. The zero-order chi connectivity index (χ0) is 11.3. The second-order valence-corrected chi connectivity index (χ2v) is 3.58. The van der Waals surface area contributed by atoms with Crippen molar-refractivity contribution in [1.82, 2.24) is 10.6 Å². The Morgan fingerprint density at radius 1 is 1.47 bits per heavy atom. The zero-order valence-corrected chi connectivity index (χ0v) is 8.32. The Morgan fingerprint density at radius 3 is 2.73 bits per heavy atom. The summed E-state index contributed by atoms with van der Waals surface area (Å²) in [6.45, 7) is 0.181. The summed E-state index contributed by atoms with van der Waals surface area (Å²) in [5.41, 5.74) is 0. The summed E-state index contributed by atoms with van der Waals surface area (Å²) >= 11 is 0. The van der Waals surface area contributed by atoms with E-state index in [1.165, 1.54) is 0 Å². The van der Waals surface area contributed by atoms with Gasteiger partial charge in [-0.2, -0.15) is 0 Å². The van der Waals surface area contributed by atoms with Gasteiger partial charge in [-0.15, -0.1) is 6.42 Å². The first-order chi connectivity index (χ1) is 7.13. The third-order valence-electron chi connectivity index (χ3n) is 2.47. The number of rotatable bonds is 3. The third kappa shape index (κ3) is 3.50. The van der Waals surface area contributed by atoms with Crippen molar-refractivity contribution >= 4 is 12.0 Å². The number of hydrogen-bond acceptors (Lipinski definition) is 2. The van der Waals surface area contributed by atoms with Crippen molar-refractivity contribution < 1.29 is 14.7 Å².